The summed E-state index contributed by atoms with van der Waals surface area (Å²) in [6.45, 7) is 5.56. The summed E-state index contributed by atoms with van der Waals surface area (Å²) in [5.74, 6) is 1.10. The van der Waals surface area contributed by atoms with Gasteiger partial charge in [0.15, 0.2) is 0 Å². The molecule has 1 aromatic heterocycles. The normalized spacial score (nSPS) is 15.9. The average molecular weight is 257 g/mol. The first kappa shape index (κ1) is 12.2. The number of ether oxygens (including phenoxy) is 1. The van der Waals surface area contributed by atoms with Crippen LogP contribution >= 0.6 is 0 Å². The molecule has 0 unspecified atom stereocenters. The van der Waals surface area contributed by atoms with Crippen molar-refractivity contribution in [1.29, 1.82) is 0 Å². The van der Waals surface area contributed by atoms with E-state index >= 15 is 0 Å². The van der Waals surface area contributed by atoms with E-state index in [4.69, 9.17) is 15.5 Å². The van der Waals surface area contributed by atoms with Gasteiger partial charge in [0.1, 0.15) is 5.82 Å². The van der Waals surface area contributed by atoms with Crippen LogP contribution in [0.4, 0.5) is 11.5 Å². The Morgan fingerprint density at radius 3 is 2.79 bits per heavy atom. The van der Waals surface area contributed by atoms with Crippen LogP contribution in [0, 0.1) is 0 Å². The van der Waals surface area contributed by atoms with Gasteiger partial charge in [-0.25, -0.2) is 4.98 Å². The van der Waals surface area contributed by atoms with E-state index in [9.17, 15) is 0 Å². The number of aryl methyl sites for hydroxylation is 1. The molecule has 0 radical (unpaired) electrons. The topological polar surface area (TPSA) is 51.4 Å². The molecule has 1 fully saturated rings. The Labute approximate surface area is 113 Å². The van der Waals surface area contributed by atoms with Gasteiger partial charge in [-0.1, -0.05) is 6.92 Å². The maximum atomic E-state index is 5.84. The number of fused-ring (bicyclic) bond motifs is 1. The molecule has 0 spiro atoms. The van der Waals surface area contributed by atoms with E-state index in [-0.39, 0.29) is 0 Å². The first-order valence-electron chi connectivity index (χ1n) is 6.80. The number of nitrogens with zero attached hydrogens (tertiary/aromatic N) is 2. The van der Waals surface area contributed by atoms with E-state index in [1.165, 1.54) is 5.56 Å². The zero-order chi connectivity index (χ0) is 13.2. The molecule has 0 aliphatic carbocycles. The Morgan fingerprint density at radius 2 is 2.05 bits per heavy atom. The maximum absolute atomic E-state index is 5.84. The lowest BCUT2D eigenvalue weighted by Crippen LogP contribution is -2.37. The van der Waals surface area contributed by atoms with Crippen LogP contribution in [-0.2, 0) is 11.2 Å². The third kappa shape index (κ3) is 2.36. The van der Waals surface area contributed by atoms with E-state index < -0.39 is 0 Å². The number of aromatic nitrogens is 1. The summed E-state index contributed by atoms with van der Waals surface area (Å²) in [6, 6.07) is 8.10. The number of nitrogens with two attached hydrogens (primary N) is 1. The highest BCUT2D eigenvalue weighted by atomic mass is 16.5. The first-order valence-corrected chi connectivity index (χ1v) is 6.80. The van der Waals surface area contributed by atoms with Crippen molar-refractivity contribution in [3.63, 3.8) is 0 Å². The highest BCUT2D eigenvalue weighted by Gasteiger charge is 2.16. The standard InChI is InChI=1S/C15H19N3O/c1-2-11-9-12-10-13(16)3-4-14(12)17-15(11)18-5-7-19-8-6-18/h3-4,9-10H,2,5-8,16H2,1H3. The summed E-state index contributed by atoms with van der Waals surface area (Å²) < 4.78 is 5.41. The second kappa shape index (κ2) is 5.05. The summed E-state index contributed by atoms with van der Waals surface area (Å²) in [5, 5.41) is 1.12. The van der Waals surface area contributed by atoms with Crippen molar-refractivity contribution in [2.75, 3.05) is 36.9 Å². The minimum Gasteiger partial charge on any atom is -0.399 e. The Balaban J connectivity index is 2.09. The van der Waals surface area contributed by atoms with Crippen LogP contribution in [0.5, 0.6) is 0 Å². The van der Waals surface area contributed by atoms with Crippen LogP contribution < -0.4 is 10.6 Å². The van der Waals surface area contributed by atoms with Crippen LogP contribution in [-0.4, -0.2) is 31.3 Å². The maximum Gasteiger partial charge on any atom is 0.132 e. The summed E-state index contributed by atoms with van der Waals surface area (Å²) in [5.41, 5.74) is 8.91. The summed E-state index contributed by atoms with van der Waals surface area (Å²) in [6.07, 6.45) is 0.977. The molecule has 0 saturated carbocycles. The number of hydrogen-bond donors (Lipinski definition) is 1. The number of pyridine rings is 1. The number of rotatable bonds is 2. The van der Waals surface area contributed by atoms with Gasteiger partial charge in [-0.05, 0) is 36.2 Å². The zero-order valence-corrected chi connectivity index (χ0v) is 11.2. The molecule has 2 N–H and O–H groups in total. The average Bonchev–Trinajstić information content (AvgIpc) is 2.46. The molecule has 0 amide bonds. The van der Waals surface area contributed by atoms with E-state index in [1.54, 1.807) is 0 Å². The zero-order valence-electron chi connectivity index (χ0n) is 11.2. The highest BCUT2D eigenvalue weighted by molar-refractivity contribution is 5.84. The molecular weight excluding hydrogens is 238 g/mol. The molecule has 1 aliphatic heterocycles. The van der Waals surface area contributed by atoms with Crippen molar-refractivity contribution in [3.8, 4) is 0 Å². The van der Waals surface area contributed by atoms with Gasteiger partial charge in [-0.3, -0.25) is 0 Å². The van der Waals surface area contributed by atoms with E-state index in [2.05, 4.69) is 17.9 Å². The second-order valence-electron chi connectivity index (χ2n) is 4.88. The van der Waals surface area contributed by atoms with Gasteiger partial charge < -0.3 is 15.4 Å². The number of hydrogen-bond acceptors (Lipinski definition) is 4. The van der Waals surface area contributed by atoms with Gasteiger partial charge in [0.05, 0.1) is 18.7 Å². The Kier molecular flexibility index (Phi) is 3.25. The Hall–Kier alpha value is -1.81. The van der Waals surface area contributed by atoms with Crippen molar-refractivity contribution in [3.05, 3.63) is 29.8 Å². The minimum atomic E-state index is 0.782. The number of morpholine rings is 1. The van der Waals surface area contributed by atoms with Gasteiger partial charge in [-0.2, -0.15) is 0 Å². The molecule has 4 heteroatoms. The third-order valence-corrected chi connectivity index (χ3v) is 3.59. The summed E-state index contributed by atoms with van der Waals surface area (Å²) >= 11 is 0. The number of anilines is 2. The monoisotopic (exact) mass is 257 g/mol. The molecule has 0 atom stereocenters. The van der Waals surface area contributed by atoms with Crippen LogP contribution in [0.25, 0.3) is 10.9 Å². The fourth-order valence-corrected chi connectivity index (χ4v) is 2.54. The lowest BCUT2D eigenvalue weighted by molar-refractivity contribution is 0.122. The Bertz CT molecular complexity index is 591. The van der Waals surface area contributed by atoms with E-state index in [0.29, 0.717) is 0 Å². The van der Waals surface area contributed by atoms with Crippen LogP contribution in [0.1, 0.15) is 12.5 Å². The van der Waals surface area contributed by atoms with Crippen LogP contribution in [0.3, 0.4) is 0 Å². The van der Waals surface area contributed by atoms with E-state index in [1.807, 2.05) is 18.2 Å². The lowest BCUT2D eigenvalue weighted by Gasteiger charge is -2.29. The first-order chi connectivity index (χ1) is 9.28. The predicted molar refractivity (Wildman–Crippen MR) is 78.6 cm³/mol. The van der Waals surface area contributed by atoms with Crippen LogP contribution in [0.2, 0.25) is 0 Å². The summed E-state index contributed by atoms with van der Waals surface area (Å²) in [4.78, 5) is 7.14. The second-order valence-corrected chi connectivity index (χ2v) is 4.88. The smallest absolute Gasteiger partial charge is 0.132 e. The fourth-order valence-electron chi connectivity index (χ4n) is 2.54. The molecule has 4 nitrogen and oxygen atoms in total. The molecule has 100 valence electrons. The van der Waals surface area contributed by atoms with Crippen molar-refractivity contribution < 1.29 is 4.74 Å². The molecular formula is C15H19N3O. The molecule has 0 bridgehead atoms. The Morgan fingerprint density at radius 1 is 1.26 bits per heavy atom. The van der Waals surface area contributed by atoms with Crippen molar-refractivity contribution in [2.45, 2.75) is 13.3 Å². The fraction of sp³-hybridized carbons (Fsp3) is 0.400. The molecule has 2 aromatic rings. The molecule has 3 rings (SSSR count). The van der Waals surface area contributed by atoms with Crippen LogP contribution in [0.15, 0.2) is 24.3 Å². The van der Waals surface area contributed by atoms with Gasteiger partial charge in [-0.15, -0.1) is 0 Å². The van der Waals surface area contributed by atoms with Gasteiger partial charge in [0, 0.05) is 24.2 Å². The minimum absolute atomic E-state index is 0.782. The highest BCUT2D eigenvalue weighted by Crippen LogP contribution is 2.26. The van der Waals surface area contributed by atoms with Crippen molar-refractivity contribution in [1.82, 2.24) is 4.98 Å². The number of benzene rings is 1. The van der Waals surface area contributed by atoms with E-state index in [0.717, 1.165) is 55.1 Å². The molecule has 1 saturated heterocycles. The van der Waals surface area contributed by atoms with Gasteiger partial charge in [0.2, 0.25) is 0 Å². The van der Waals surface area contributed by atoms with Crippen molar-refractivity contribution >= 4 is 22.4 Å². The predicted octanol–water partition coefficient (Wildman–Crippen LogP) is 2.22. The largest absolute Gasteiger partial charge is 0.399 e. The third-order valence-electron chi connectivity index (χ3n) is 3.59. The molecule has 2 heterocycles. The number of nitrogen functional groups attached to an aromatic ring is 1. The quantitative estimate of drug-likeness (QED) is 0.838. The molecule has 19 heavy (non-hydrogen) atoms. The lowest BCUT2D eigenvalue weighted by atomic mass is 10.1. The molecule has 1 aliphatic rings. The van der Waals surface area contributed by atoms with Crippen molar-refractivity contribution in [2.24, 2.45) is 0 Å². The SMILES string of the molecule is CCc1cc2cc(N)ccc2nc1N1CCOCC1. The van der Waals surface area contributed by atoms with Gasteiger partial charge in [0.25, 0.3) is 0 Å². The summed E-state index contributed by atoms with van der Waals surface area (Å²) in [7, 11) is 0. The van der Waals surface area contributed by atoms with Gasteiger partial charge >= 0.3 is 0 Å². The molecule has 1 aromatic carbocycles.